The first-order valence-electron chi connectivity index (χ1n) is 7.39. The van der Waals surface area contributed by atoms with Gasteiger partial charge in [0.15, 0.2) is 0 Å². The normalized spacial score (nSPS) is 10.4. The van der Waals surface area contributed by atoms with Crippen molar-refractivity contribution in [3.8, 4) is 5.88 Å². The van der Waals surface area contributed by atoms with Gasteiger partial charge in [0.05, 0.1) is 6.61 Å². The van der Waals surface area contributed by atoms with Gasteiger partial charge in [-0.2, -0.15) is 4.98 Å². The Balaban J connectivity index is 1.82. The van der Waals surface area contributed by atoms with Gasteiger partial charge in [-0.3, -0.25) is 4.98 Å². The van der Waals surface area contributed by atoms with E-state index in [4.69, 9.17) is 4.74 Å². The zero-order valence-electron chi connectivity index (χ0n) is 12.7. The molecule has 5 nitrogen and oxygen atoms in total. The summed E-state index contributed by atoms with van der Waals surface area (Å²) in [5.74, 6) is 1.30. The highest BCUT2D eigenvalue weighted by atomic mass is 16.5. The first-order valence-corrected chi connectivity index (χ1v) is 7.39. The number of pyridine rings is 1. The lowest BCUT2D eigenvalue weighted by atomic mass is 10.1. The molecule has 5 heteroatoms. The number of hydrogen-bond donors (Lipinski definition) is 1. The van der Waals surface area contributed by atoms with Crippen molar-refractivity contribution in [1.82, 2.24) is 15.0 Å². The van der Waals surface area contributed by atoms with E-state index in [9.17, 15) is 0 Å². The fourth-order valence-corrected chi connectivity index (χ4v) is 1.89. The molecule has 0 unspecified atom stereocenters. The van der Waals surface area contributed by atoms with Crippen molar-refractivity contribution in [2.24, 2.45) is 0 Å². The van der Waals surface area contributed by atoms with Crippen molar-refractivity contribution in [3.63, 3.8) is 0 Å². The average Bonchev–Trinajstić information content (AvgIpc) is 2.53. The van der Waals surface area contributed by atoms with Crippen molar-refractivity contribution >= 4 is 5.95 Å². The first-order chi connectivity index (χ1) is 10.3. The topological polar surface area (TPSA) is 59.9 Å². The van der Waals surface area contributed by atoms with Crippen LogP contribution in [0, 0.1) is 6.92 Å². The fraction of sp³-hybridized carbons (Fsp3) is 0.438. The Morgan fingerprint density at radius 1 is 1.24 bits per heavy atom. The van der Waals surface area contributed by atoms with Gasteiger partial charge in [-0.1, -0.05) is 6.92 Å². The molecule has 0 aliphatic carbocycles. The predicted molar refractivity (Wildman–Crippen MR) is 83.6 cm³/mol. The highest BCUT2D eigenvalue weighted by Crippen LogP contribution is 2.15. The highest BCUT2D eigenvalue weighted by Gasteiger charge is 2.04. The van der Waals surface area contributed by atoms with Gasteiger partial charge < -0.3 is 10.1 Å². The zero-order chi connectivity index (χ0) is 14.9. The van der Waals surface area contributed by atoms with Crippen LogP contribution in [0.5, 0.6) is 5.88 Å². The Labute approximate surface area is 125 Å². The van der Waals surface area contributed by atoms with Gasteiger partial charge in [-0.05, 0) is 43.9 Å². The van der Waals surface area contributed by atoms with Gasteiger partial charge in [0.25, 0.3) is 0 Å². The van der Waals surface area contributed by atoms with Crippen molar-refractivity contribution < 1.29 is 4.74 Å². The molecule has 21 heavy (non-hydrogen) atoms. The lowest BCUT2D eigenvalue weighted by Gasteiger charge is -2.10. The molecule has 112 valence electrons. The molecule has 0 aliphatic heterocycles. The van der Waals surface area contributed by atoms with E-state index in [1.165, 1.54) is 5.56 Å². The molecule has 0 atom stereocenters. The van der Waals surface area contributed by atoms with Crippen LogP contribution in [0.1, 0.15) is 30.9 Å². The third-order valence-corrected chi connectivity index (χ3v) is 3.06. The fourth-order valence-electron chi connectivity index (χ4n) is 1.89. The van der Waals surface area contributed by atoms with Gasteiger partial charge in [-0.15, -0.1) is 0 Å². The summed E-state index contributed by atoms with van der Waals surface area (Å²) in [7, 11) is 0. The molecule has 0 saturated carbocycles. The van der Waals surface area contributed by atoms with E-state index >= 15 is 0 Å². The van der Waals surface area contributed by atoms with E-state index in [0.717, 1.165) is 31.4 Å². The number of nitrogens with one attached hydrogen (secondary N) is 1. The summed E-state index contributed by atoms with van der Waals surface area (Å²) < 4.78 is 5.77. The maximum absolute atomic E-state index is 5.77. The lowest BCUT2D eigenvalue weighted by Crippen LogP contribution is -2.08. The molecule has 0 bridgehead atoms. The van der Waals surface area contributed by atoms with Crippen LogP contribution in [0.4, 0.5) is 5.95 Å². The molecule has 0 amide bonds. The van der Waals surface area contributed by atoms with Crippen LogP contribution < -0.4 is 10.1 Å². The molecule has 0 fully saturated rings. The maximum Gasteiger partial charge on any atom is 0.225 e. The molecule has 2 aromatic heterocycles. The largest absolute Gasteiger partial charge is 0.477 e. The predicted octanol–water partition coefficient (Wildman–Crippen LogP) is 3.01. The number of anilines is 1. The van der Waals surface area contributed by atoms with Crippen LogP contribution in [0.2, 0.25) is 0 Å². The summed E-state index contributed by atoms with van der Waals surface area (Å²) in [6.07, 6.45) is 8.40. The Bertz CT molecular complexity index is 545. The second-order valence-electron chi connectivity index (χ2n) is 4.92. The standard InChI is InChI=1S/C16H22N4O/c1-3-8-18-16-19-12-13(2)15(20-16)21-11-4-5-14-6-9-17-10-7-14/h6-7,9-10,12H,3-5,8,11H2,1-2H3,(H,18,19,20). The molecule has 2 aromatic rings. The van der Waals surface area contributed by atoms with Crippen LogP contribution in [0.25, 0.3) is 0 Å². The molecule has 0 radical (unpaired) electrons. The highest BCUT2D eigenvalue weighted by molar-refractivity contribution is 5.32. The molecular weight excluding hydrogens is 264 g/mol. The Morgan fingerprint density at radius 3 is 2.81 bits per heavy atom. The quantitative estimate of drug-likeness (QED) is 0.756. The van der Waals surface area contributed by atoms with Crippen molar-refractivity contribution in [2.45, 2.75) is 33.1 Å². The minimum Gasteiger partial charge on any atom is -0.477 e. The minimum absolute atomic E-state index is 0.631. The van der Waals surface area contributed by atoms with E-state index in [0.29, 0.717) is 18.4 Å². The number of aryl methyl sites for hydroxylation is 2. The van der Waals surface area contributed by atoms with Crippen LogP contribution in [0.3, 0.4) is 0 Å². The summed E-state index contributed by atoms with van der Waals surface area (Å²) in [6, 6.07) is 4.06. The summed E-state index contributed by atoms with van der Waals surface area (Å²) in [6.45, 7) is 5.58. The number of hydrogen-bond acceptors (Lipinski definition) is 5. The Hall–Kier alpha value is -2.17. The number of ether oxygens (including phenoxy) is 1. The van der Waals surface area contributed by atoms with E-state index in [2.05, 4.69) is 27.2 Å². The Morgan fingerprint density at radius 2 is 2.05 bits per heavy atom. The smallest absolute Gasteiger partial charge is 0.225 e. The van der Waals surface area contributed by atoms with Gasteiger partial charge in [0, 0.05) is 30.7 Å². The summed E-state index contributed by atoms with van der Waals surface area (Å²) in [4.78, 5) is 12.7. The zero-order valence-corrected chi connectivity index (χ0v) is 12.7. The second kappa shape index (κ2) is 8.19. The van der Waals surface area contributed by atoms with Gasteiger partial charge in [-0.25, -0.2) is 4.98 Å². The van der Waals surface area contributed by atoms with Gasteiger partial charge >= 0.3 is 0 Å². The number of aromatic nitrogens is 3. The molecule has 2 heterocycles. The van der Waals surface area contributed by atoms with Gasteiger partial charge in [0.2, 0.25) is 11.8 Å². The number of rotatable bonds is 8. The SMILES string of the molecule is CCCNc1ncc(C)c(OCCCc2ccncc2)n1. The second-order valence-corrected chi connectivity index (χ2v) is 4.92. The summed E-state index contributed by atoms with van der Waals surface area (Å²) in [5.41, 5.74) is 2.24. The first kappa shape index (κ1) is 15.2. The molecular formula is C16H22N4O. The van der Waals surface area contributed by atoms with E-state index in [1.807, 2.05) is 31.5 Å². The lowest BCUT2D eigenvalue weighted by molar-refractivity contribution is 0.297. The summed E-state index contributed by atoms with van der Waals surface area (Å²) in [5, 5.41) is 3.17. The van der Waals surface area contributed by atoms with Crippen molar-refractivity contribution in [2.75, 3.05) is 18.5 Å². The van der Waals surface area contributed by atoms with E-state index in [1.54, 1.807) is 6.20 Å². The molecule has 2 rings (SSSR count). The number of nitrogens with zero attached hydrogens (tertiary/aromatic N) is 3. The minimum atomic E-state index is 0.631. The third-order valence-electron chi connectivity index (χ3n) is 3.06. The monoisotopic (exact) mass is 286 g/mol. The van der Waals surface area contributed by atoms with Gasteiger partial charge in [0.1, 0.15) is 0 Å². The van der Waals surface area contributed by atoms with Crippen LogP contribution >= 0.6 is 0 Å². The third kappa shape index (κ3) is 5.02. The molecule has 0 saturated heterocycles. The Kier molecular flexibility index (Phi) is 5.94. The maximum atomic E-state index is 5.77. The molecule has 0 aromatic carbocycles. The van der Waals surface area contributed by atoms with Crippen molar-refractivity contribution in [3.05, 3.63) is 41.9 Å². The summed E-state index contributed by atoms with van der Waals surface area (Å²) >= 11 is 0. The van der Waals surface area contributed by atoms with E-state index < -0.39 is 0 Å². The van der Waals surface area contributed by atoms with Crippen LogP contribution in [-0.4, -0.2) is 28.1 Å². The molecule has 0 spiro atoms. The molecule has 0 aliphatic rings. The molecule has 1 N–H and O–H groups in total. The van der Waals surface area contributed by atoms with E-state index in [-0.39, 0.29) is 0 Å². The van der Waals surface area contributed by atoms with Crippen molar-refractivity contribution in [1.29, 1.82) is 0 Å². The van der Waals surface area contributed by atoms with Crippen LogP contribution in [-0.2, 0) is 6.42 Å². The van der Waals surface area contributed by atoms with Crippen LogP contribution in [0.15, 0.2) is 30.7 Å². The average molecular weight is 286 g/mol.